The maximum atomic E-state index is 9.56. The van der Waals surface area contributed by atoms with Crippen LogP contribution in [-0.2, 0) is 6.54 Å². The van der Waals surface area contributed by atoms with Gasteiger partial charge in [-0.3, -0.25) is 4.90 Å². The first-order valence-electron chi connectivity index (χ1n) is 8.02. The van der Waals surface area contributed by atoms with Gasteiger partial charge >= 0.3 is 0 Å². The third kappa shape index (κ3) is 3.22. The normalized spacial score (nSPS) is 12.7. The summed E-state index contributed by atoms with van der Waals surface area (Å²) < 4.78 is 0. The molecule has 0 aliphatic carbocycles. The van der Waals surface area contributed by atoms with Crippen molar-refractivity contribution in [1.29, 1.82) is 0 Å². The van der Waals surface area contributed by atoms with E-state index in [9.17, 15) is 5.11 Å². The van der Waals surface area contributed by atoms with Gasteiger partial charge in [-0.25, -0.2) is 0 Å². The Morgan fingerprint density at radius 3 is 2.52 bits per heavy atom. The van der Waals surface area contributed by atoms with E-state index in [1.54, 1.807) is 6.07 Å². The van der Waals surface area contributed by atoms with Gasteiger partial charge in [0.2, 0.25) is 0 Å². The Morgan fingerprint density at radius 2 is 1.74 bits per heavy atom. The number of hydrogen-bond donors (Lipinski definition) is 1. The van der Waals surface area contributed by atoms with Gasteiger partial charge in [-0.2, -0.15) is 0 Å². The summed E-state index contributed by atoms with van der Waals surface area (Å²) in [5.74, 6) is 0.330. The minimum absolute atomic E-state index is 0.314. The largest absolute Gasteiger partial charge is 0.508 e. The fraction of sp³-hybridized carbons (Fsp3) is 0.238. The van der Waals surface area contributed by atoms with Crippen molar-refractivity contribution in [3.63, 3.8) is 0 Å². The minimum Gasteiger partial charge on any atom is -0.508 e. The van der Waals surface area contributed by atoms with Gasteiger partial charge in [-0.05, 0) is 60.5 Å². The van der Waals surface area contributed by atoms with Gasteiger partial charge in [-0.15, -0.1) is 0 Å². The molecule has 0 spiro atoms. The van der Waals surface area contributed by atoms with Crippen molar-refractivity contribution in [3.05, 3.63) is 77.4 Å². The van der Waals surface area contributed by atoms with Gasteiger partial charge in [0, 0.05) is 12.6 Å². The molecule has 1 atom stereocenters. The van der Waals surface area contributed by atoms with Crippen molar-refractivity contribution >= 4 is 10.8 Å². The summed E-state index contributed by atoms with van der Waals surface area (Å²) in [5, 5.41) is 12.2. The highest BCUT2D eigenvalue weighted by Gasteiger charge is 2.15. The smallest absolute Gasteiger partial charge is 0.115 e. The quantitative estimate of drug-likeness (QED) is 0.729. The highest BCUT2D eigenvalue weighted by Crippen LogP contribution is 2.29. The number of phenolic OH excluding ortho intramolecular Hbond substituents is 1. The first kappa shape index (κ1) is 15.6. The zero-order valence-electron chi connectivity index (χ0n) is 14.0. The van der Waals surface area contributed by atoms with Crippen molar-refractivity contribution in [2.45, 2.75) is 26.4 Å². The molecule has 0 aromatic heterocycles. The van der Waals surface area contributed by atoms with E-state index in [-0.39, 0.29) is 0 Å². The fourth-order valence-electron chi connectivity index (χ4n) is 3.12. The third-order valence-electron chi connectivity index (χ3n) is 4.68. The molecule has 0 saturated heterocycles. The summed E-state index contributed by atoms with van der Waals surface area (Å²) in [7, 11) is 2.15. The lowest BCUT2D eigenvalue weighted by molar-refractivity contribution is 0.254. The Balaban J connectivity index is 1.88. The van der Waals surface area contributed by atoms with E-state index in [1.165, 1.54) is 21.9 Å². The Morgan fingerprint density at radius 1 is 1.00 bits per heavy atom. The molecular weight excluding hydrogens is 282 g/mol. The SMILES string of the molecule is Cc1cc(O)ccc1CN(C)[C@H](C)c1cccc2ccccc12. The molecule has 3 aromatic rings. The number of phenols is 1. The van der Waals surface area contributed by atoms with E-state index in [2.05, 4.69) is 61.3 Å². The fourth-order valence-corrected chi connectivity index (χ4v) is 3.12. The minimum atomic E-state index is 0.314. The van der Waals surface area contributed by atoms with Gasteiger partial charge in [0.1, 0.15) is 5.75 Å². The zero-order chi connectivity index (χ0) is 16.4. The van der Waals surface area contributed by atoms with Crippen molar-refractivity contribution in [1.82, 2.24) is 4.90 Å². The molecule has 3 rings (SSSR count). The number of benzene rings is 3. The summed E-state index contributed by atoms with van der Waals surface area (Å²) in [6.45, 7) is 5.15. The molecular formula is C21H23NO. The molecule has 2 nitrogen and oxygen atoms in total. The Bertz CT molecular complexity index is 820. The summed E-state index contributed by atoms with van der Waals surface area (Å²) in [4.78, 5) is 2.35. The molecule has 23 heavy (non-hydrogen) atoms. The lowest BCUT2D eigenvalue weighted by Gasteiger charge is -2.27. The Hall–Kier alpha value is -2.32. The van der Waals surface area contributed by atoms with E-state index < -0.39 is 0 Å². The summed E-state index contributed by atoms with van der Waals surface area (Å²) >= 11 is 0. The second-order valence-electron chi connectivity index (χ2n) is 6.27. The van der Waals surface area contributed by atoms with Gasteiger partial charge in [0.25, 0.3) is 0 Å². The number of aryl methyl sites for hydroxylation is 1. The molecule has 0 aliphatic heterocycles. The topological polar surface area (TPSA) is 23.5 Å². The van der Waals surface area contributed by atoms with Crippen LogP contribution in [0.4, 0.5) is 0 Å². The average molecular weight is 305 g/mol. The highest BCUT2D eigenvalue weighted by molar-refractivity contribution is 5.86. The van der Waals surface area contributed by atoms with E-state index in [0.717, 1.165) is 12.1 Å². The average Bonchev–Trinajstić information content (AvgIpc) is 2.56. The van der Waals surface area contributed by atoms with Crippen LogP contribution in [0.15, 0.2) is 60.7 Å². The molecule has 118 valence electrons. The van der Waals surface area contributed by atoms with Crippen LogP contribution >= 0.6 is 0 Å². The molecule has 1 N–H and O–H groups in total. The van der Waals surface area contributed by atoms with E-state index in [1.807, 2.05) is 19.1 Å². The molecule has 0 heterocycles. The van der Waals surface area contributed by atoms with Crippen LogP contribution in [0.1, 0.15) is 29.7 Å². The maximum Gasteiger partial charge on any atom is 0.115 e. The zero-order valence-corrected chi connectivity index (χ0v) is 14.0. The van der Waals surface area contributed by atoms with Crippen molar-refractivity contribution in [2.75, 3.05) is 7.05 Å². The van der Waals surface area contributed by atoms with Crippen LogP contribution < -0.4 is 0 Å². The van der Waals surface area contributed by atoms with E-state index in [4.69, 9.17) is 0 Å². The maximum absolute atomic E-state index is 9.56. The molecule has 0 aliphatic rings. The first-order valence-corrected chi connectivity index (χ1v) is 8.02. The van der Waals surface area contributed by atoms with Gasteiger partial charge in [-0.1, -0.05) is 48.5 Å². The summed E-state index contributed by atoms with van der Waals surface area (Å²) in [6.07, 6.45) is 0. The molecule has 0 unspecified atom stereocenters. The molecule has 0 amide bonds. The lowest BCUT2D eigenvalue weighted by atomic mass is 9.98. The van der Waals surface area contributed by atoms with Gasteiger partial charge in [0.15, 0.2) is 0 Å². The second kappa shape index (κ2) is 6.43. The van der Waals surface area contributed by atoms with Crippen LogP contribution in [0, 0.1) is 6.92 Å². The monoisotopic (exact) mass is 305 g/mol. The third-order valence-corrected chi connectivity index (χ3v) is 4.68. The second-order valence-corrected chi connectivity index (χ2v) is 6.27. The summed E-state index contributed by atoms with van der Waals surface area (Å²) in [5.41, 5.74) is 3.72. The van der Waals surface area contributed by atoms with Gasteiger partial charge in [0.05, 0.1) is 0 Å². The Labute approximate surface area is 138 Å². The molecule has 0 bridgehead atoms. The van der Waals surface area contributed by atoms with Crippen LogP contribution in [0.25, 0.3) is 10.8 Å². The number of rotatable bonds is 4. The number of hydrogen-bond acceptors (Lipinski definition) is 2. The van der Waals surface area contributed by atoms with Crippen molar-refractivity contribution in [2.24, 2.45) is 0 Å². The molecule has 0 saturated carbocycles. The molecule has 2 heteroatoms. The van der Waals surface area contributed by atoms with Crippen LogP contribution in [0.5, 0.6) is 5.75 Å². The molecule has 0 fully saturated rings. The predicted octanol–water partition coefficient (Wildman–Crippen LogP) is 5.05. The van der Waals surface area contributed by atoms with Gasteiger partial charge < -0.3 is 5.11 Å². The summed E-state index contributed by atoms with van der Waals surface area (Å²) in [6, 6.07) is 21.0. The highest BCUT2D eigenvalue weighted by atomic mass is 16.3. The van der Waals surface area contributed by atoms with Crippen molar-refractivity contribution < 1.29 is 5.11 Å². The molecule has 0 radical (unpaired) electrons. The standard InChI is InChI=1S/C21H23NO/c1-15-13-19(23)12-11-18(15)14-22(3)16(2)20-10-6-8-17-7-4-5-9-21(17)20/h4-13,16,23H,14H2,1-3H3/t16-/m1/s1. The van der Waals surface area contributed by atoms with Crippen LogP contribution in [-0.4, -0.2) is 17.1 Å². The molecule has 3 aromatic carbocycles. The number of aromatic hydroxyl groups is 1. The van der Waals surface area contributed by atoms with Crippen molar-refractivity contribution in [3.8, 4) is 5.75 Å². The number of nitrogens with zero attached hydrogens (tertiary/aromatic N) is 1. The van der Waals surface area contributed by atoms with E-state index >= 15 is 0 Å². The number of fused-ring (bicyclic) bond motifs is 1. The Kier molecular flexibility index (Phi) is 4.35. The lowest BCUT2D eigenvalue weighted by Crippen LogP contribution is -2.22. The van der Waals surface area contributed by atoms with E-state index in [0.29, 0.717) is 11.8 Å². The van der Waals surface area contributed by atoms with Crippen LogP contribution in [0.3, 0.4) is 0 Å². The van der Waals surface area contributed by atoms with Crippen LogP contribution in [0.2, 0.25) is 0 Å². The first-order chi connectivity index (χ1) is 11.1. The predicted molar refractivity (Wildman–Crippen MR) is 96.7 cm³/mol.